The summed E-state index contributed by atoms with van der Waals surface area (Å²) in [7, 11) is 5.33. The molecule has 0 aliphatic heterocycles. The fourth-order valence-corrected chi connectivity index (χ4v) is 3.45. The van der Waals surface area contributed by atoms with Gasteiger partial charge in [0, 0.05) is 27.4 Å². The van der Waals surface area contributed by atoms with Gasteiger partial charge >= 0.3 is 5.69 Å². The van der Waals surface area contributed by atoms with Gasteiger partial charge in [0.15, 0.2) is 5.69 Å². The van der Waals surface area contributed by atoms with Gasteiger partial charge in [0.25, 0.3) is 5.56 Å². The molecule has 7 nitrogen and oxygen atoms in total. The summed E-state index contributed by atoms with van der Waals surface area (Å²) in [4.78, 5) is 29.5. The molecule has 0 spiro atoms. The van der Waals surface area contributed by atoms with Gasteiger partial charge in [0.05, 0.1) is 22.4 Å². The molecule has 4 rings (SSSR count). The van der Waals surface area contributed by atoms with Crippen LogP contribution in [0, 0.1) is 6.92 Å². The largest absolute Gasteiger partial charge is 0.328 e. The molecule has 0 fully saturated rings. The highest BCUT2D eigenvalue weighted by atomic mass is 16.1. The maximum absolute atomic E-state index is 12.9. The first-order valence-electron chi connectivity index (χ1n) is 8.93. The smallest absolute Gasteiger partial charge is 0.295 e. The van der Waals surface area contributed by atoms with E-state index in [0.29, 0.717) is 5.69 Å². The zero-order chi connectivity index (χ0) is 20.0. The van der Waals surface area contributed by atoms with Crippen LogP contribution in [0.2, 0.25) is 0 Å². The number of fused-ring (bicyclic) bond motifs is 1. The molecule has 0 N–H and O–H groups in total. The highest BCUT2D eigenvalue weighted by Gasteiger charge is 2.15. The molecule has 4 aromatic rings. The molecule has 0 amide bonds. The Balaban J connectivity index is 1.79. The predicted molar refractivity (Wildman–Crippen MR) is 111 cm³/mol. The summed E-state index contributed by atoms with van der Waals surface area (Å²) in [6.45, 7) is 1.87. The van der Waals surface area contributed by atoms with Crippen molar-refractivity contribution in [2.45, 2.75) is 6.92 Å². The fourth-order valence-electron chi connectivity index (χ4n) is 3.45. The Labute approximate surface area is 161 Å². The number of hydrogen-bond donors (Lipinski definition) is 0. The molecule has 7 heteroatoms. The number of aliphatic imine (C=N–C) groups is 1. The molecule has 2 aromatic carbocycles. The Morgan fingerprint density at radius 3 is 2.29 bits per heavy atom. The van der Waals surface area contributed by atoms with Gasteiger partial charge in [-0.15, -0.1) is 0 Å². The molecule has 28 heavy (non-hydrogen) atoms. The Morgan fingerprint density at radius 1 is 0.893 bits per heavy atom. The van der Waals surface area contributed by atoms with E-state index in [4.69, 9.17) is 0 Å². The van der Waals surface area contributed by atoms with Gasteiger partial charge in [0.1, 0.15) is 0 Å². The second-order valence-corrected chi connectivity index (χ2v) is 6.82. The minimum atomic E-state index is -0.171. The average Bonchev–Trinajstić information content (AvgIpc) is 3.05. The van der Waals surface area contributed by atoms with Crippen LogP contribution >= 0.6 is 0 Å². The third kappa shape index (κ3) is 2.63. The van der Waals surface area contributed by atoms with E-state index in [1.807, 2.05) is 62.5 Å². The lowest BCUT2D eigenvalue weighted by molar-refractivity contribution is 0.630. The van der Waals surface area contributed by atoms with E-state index in [2.05, 4.69) is 4.99 Å². The minimum Gasteiger partial charge on any atom is -0.295 e. The Morgan fingerprint density at radius 2 is 1.57 bits per heavy atom. The van der Waals surface area contributed by atoms with Gasteiger partial charge < -0.3 is 0 Å². The zero-order valence-corrected chi connectivity index (χ0v) is 16.2. The quantitative estimate of drug-likeness (QED) is 0.516. The maximum atomic E-state index is 12.9. The first-order valence-corrected chi connectivity index (χ1v) is 8.93. The van der Waals surface area contributed by atoms with Crippen molar-refractivity contribution in [3.63, 3.8) is 0 Å². The molecule has 142 valence electrons. The first-order chi connectivity index (χ1) is 13.4. The molecular formula is C21H21N5O2. The number of para-hydroxylation sites is 1. The van der Waals surface area contributed by atoms with Crippen molar-refractivity contribution in [3.8, 4) is 5.69 Å². The average molecular weight is 375 g/mol. The van der Waals surface area contributed by atoms with E-state index in [-0.39, 0.29) is 11.2 Å². The van der Waals surface area contributed by atoms with E-state index in [1.165, 1.54) is 0 Å². The lowest BCUT2D eigenvalue weighted by Crippen LogP contribution is -2.19. The molecule has 0 saturated carbocycles. The molecule has 0 atom stereocenters. The molecule has 2 heterocycles. The lowest BCUT2D eigenvalue weighted by Gasteiger charge is -2.07. The van der Waals surface area contributed by atoms with Crippen LogP contribution in [0.1, 0.15) is 11.3 Å². The Kier molecular flexibility index (Phi) is 4.15. The maximum Gasteiger partial charge on any atom is 0.328 e. The molecule has 0 radical (unpaired) electrons. The van der Waals surface area contributed by atoms with Crippen molar-refractivity contribution in [2.75, 3.05) is 0 Å². The summed E-state index contributed by atoms with van der Waals surface area (Å²) in [5.41, 5.74) is 4.22. The van der Waals surface area contributed by atoms with Crippen molar-refractivity contribution in [2.24, 2.45) is 26.1 Å². The minimum absolute atomic E-state index is 0.0752. The highest BCUT2D eigenvalue weighted by molar-refractivity contribution is 5.88. The van der Waals surface area contributed by atoms with Crippen LogP contribution in [0.25, 0.3) is 16.7 Å². The summed E-state index contributed by atoms with van der Waals surface area (Å²) in [5, 5.41) is 0. The number of rotatable bonds is 3. The van der Waals surface area contributed by atoms with Gasteiger partial charge in [-0.1, -0.05) is 24.3 Å². The number of aryl methyl sites for hydroxylation is 2. The van der Waals surface area contributed by atoms with Crippen molar-refractivity contribution >= 4 is 22.9 Å². The lowest BCUT2D eigenvalue weighted by atomic mass is 10.2. The molecule has 0 aliphatic rings. The van der Waals surface area contributed by atoms with E-state index in [0.717, 1.165) is 28.0 Å². The zero-order valence-electron chi connectivity index (χ0n) is 16.2. The van der Waals surface area contributed by atoms with Gasteiger partial charge in [0.2, 0.25) is 0 Å². The molecule has 0 saturated heterocycles. The first kappa shape index (κ1) is 17.8. The van der Waals surface area contributed by atoms with Crippen LogP contribution in [0.5, 0.6) is 0 Å². The van der Waals surface area contributed by atoms with E-state index < -0.39 is 0 Å². The van der Waals surface area contributed by atoms with Gasteiger partial charge in [-0.25, -0.2) is 14.5 Å². The SMILES string of the molecule is Cc1c(N=Cc2ccc3c(c2)n(C)c(=O)n3C)c(=O)n(-c2ccccc2)n1C. The van der Waals surface area contributed by atoms with Gasteiger partial charge in [-0.2, -0.15) is 0 Å². The van der Waals surface area contributed by atoms with Crippen molar-refractivity contribution in [1.82, 2.24) is 18.5 Å². The number of aromatic nitrogens is 4. The van der Waals surface area contributed by atoms with Crippen LogP contribution in [0.15, 0.2) is 63.1 Å². The third-order valence-electron chi connectivity index (χ3n) is 5.16. The Hall–Kier alpha value is -3.61. The van der Waals surface area contributed by atoms with Gasteiger partial charge in [-0.05, 0) is 36.8 Å². The van der Waals surface area contributed by atoms with Crippen LogP contribution in [0.4, 0.5) is 5.69 Å². The highest BCUT2D eigenvalue weighted by Crippen LogP contribution is 2.18. The Bertz CT molecular complexity index is 1330. The summed E-state index contributed by atoms with van der Waals surface area (Å²) in [5.74, 6) is 0. The van der Waals surface area contributed by atoms with Crippen LogP contribution in [-0.2, 0) is 21.1 Å². The molecule has 0 unspecified atom stereocenters. The molecule has 0 bridgehead atoms. The van der Waals surface area contributed by atoms with Crippen LogP contribution in [0.3, 0.4) is 0 Å². The molecular weight excluding hydrogens is 354 g/mol. The third-order valence-corrected chi connectivity index (χ3v) is 5.16. The second-order valence-electron chi connectivity index (χ2n) is 6.82. The number of benzene rings is 2. The van der Waals surface area contributed by atoms with Crippen molar-refractivity contribution in [3.05, 3.63) is 80.6 Å². The van der Waals surface area contributed by atoms with Crippen LogP contribution in [-0.4, -0.2) is 24.7 Å². The molecule has 2 aromatic heterocycles. The van der Waals surface area contributed by atoms with Crippen molar-refractivity contribution < 1.29 is 0 Å². The summed E-state index contributed by atoms with van der Waals surface area (Å²) >= 11 is 0. The summed E-state index contributed by atoms with van der Waals surface area (Å²) < 4.78 is 6.61. The van der Waals surface area contributed by atoms with Gasteiger partial charge in [-0.3, -0.25) is 18.6 Å². The normalized spacial score (nSPS) is 11.7. The number of nitrogens with zero attached hydrogens (tertiary/aromatic N) is 5. The van der Waals surface area contributed by atoms with E-state index >= 15 is 0 Å². The van der Waals surface area contributed by atoms with Crippen molar-refractivity contribution in [1.29, 1.82) is 0 Å². The van der Waals surface area contributed by atoms with E-state index in [9.17, 15) is 9.59 Å². The topological polar surface area (TPSA) is 66.2 Å². The fraction of sp³-hybridized carbons (Fsp3) is 0.190. The van der Waals surface area contributed by atoms with E-state index in [1.54, 1.807) is 38.8 Å². The van der Waals surface area contributed by atoms with Crippen LogP contribution < -0.4 is 11.2 Å². The summed E-state index contributed by atoms with van der Waals surface area (Å²) in [6.07, 6.45) is 1.66. The summed E-state index contributed by atoms with van der Waals surface area (Å²) in [6, 6.07) is 15.2. The monoisotopic (exact) mass is 375 g/mol. The molecule has 0 aliphatic carbocycles. The number of hydrogen-bond acceptors (Lipinski definition) is 3. The standard InChI is InChI=1S/C21H21N5O2/c1-14-19(20(27)26(25(14)4)16-8-6-5-7-9-16)22-13-15-10-11-17-18(12-15)24(3)21(28)23(17)2/h5-13H,1-4H3. The number of imidazole rings is 1. The predicted octanol–water partition coefficient (Wildman–Crippen LogP) is 2.43. The second kappa shape index (κ2) is 6.53.